The van der Waals surface area contributed by atoms with Gasteiger partial charge in [-0.3, -0.25) is 9.97 Å². The molecule has 0 spiro atoms. The largest absolute Gasteiger partial charge is 0.383 e. The van der Waals surface area contributed by atoms with Crippen LogP contribution in [0.4, 0.5) is 15.8 Å². The number of hydrogen-bond donors (Lipinski definition) is 2. The maximum Gasteiger partial charge on any atom is 0.131 e. The molecule has 1 atom stereocenters. The number of aromatic nitrogens is 5. The van der Waals surface area contributed by atoms with Gasteiger partial charge in [0.05, 0.1) is 35.4 Å². The zero-order chi connectivity index (χ0) is 26.4. The van der Waals surface area contributed by atoms with Crippen molar-refractivity contribution in [3.8, 4) is 6.07 Å². The van der Waals surface area contributed by atoms with Gasteiger partial charge in [0.2, 0.25) is 0 Å². The predicted octanol–water partition coefficient (Wildman–Crippen LogP) is 5.88. The second kappa shape index (κ2) is 9.36. The smallest absolute Gasteiger partial charge is 0.131 e. The Morgan fingerprint density at radius 1 is 1.33 bits per heavy atom. The normalized spacial score (nSPS) is 15.7. The second-order valence-electron chi connectivity index (χ2n) is 10.1. The van der Waals surface area contributed by atoms with E-state index in [1.807, 2.05) is 0 Å². The van der Waals surface area contributed by atoms with Crippen molar-refractivity contribution in [1.82, 2.24) is 25.0 Å². The van der Waals surface area contributed by atoms with Crippen LogP contribution < -0.4 is 10.6 Å². The molecule has 0 saturated heterocycles. The Morgan fingerprint density at radius 3 is 2.83 bits per heavy atom. The molecule has 0 radical (unpaired) electrons. The fraction of sp³-hybridized carbons (Fsp3) is 0.346. The van der Waals surface area contributed by atoms with Crippen LogP contribution in [0.2, 0.25) is 5.02 Å². The first-order valence-corrected chi connectivity index (χ1v) is 12.0. The van der Waals surface area contributed by atoms with Crippen molar-refractivity contribution < 1.29 is 5.76 Å². The number of pyridine rings is 2. The van der Waals surface area contributed by atoms with Gasteiger partial charge in [0, 0.05) is 41.8 Å². The summed E-state index contributed by atoms with van der Waals surface area (Å²) in [4.78, 5) is 8.44. The number of nitrogens with one attached hydrogen (secondary N) is 2. The third-order valence-corrected chi connectivity index (χ3v) is 6.12. The lowest BCUT2D eigenvalue weighted by atomic mass is 9.96. The van der Waals surface area contributed by atoms with Crippen LogP contribution in [0.15, 0.2) is 43.0 Å². The number of hydrogen-bond acceptors (Lipinski definition) is 7. The molecule has 5 rings (SSSR count). The number of nitrogens with zero attached hydrogens (tertiary/aromatic N) is 6. The summed E-state index contributed by atoms with van der Waals surface area (Å²) in [5, 5.41) is 25.5. The second-order valence-corrected chi connectivity index (χ2v) is 10.5. The average Bonchev–Trinajstić information content (AvgIpc) is 3.57. The molecule has 3 heterocycles. The van der Waals surface area contributed by atoms with Crippen LogP contribution in [-0.2, 0) is 0 Å². The van der Waals surface area contributed by atoms with Gasteiger partial charge in [-0.25, -0.2) is 9.07 Å². The summed E-state index contributed by atoms with van der Waals surface area (Å²) >= 11 is 6.63. The summed E-state index contributed by atoms with van der Waals surface area (Å²) in [5.74, 6) is -0.605. The lowest BCUT2D eigenvalue weighted by molar-refractivity contribution is 0.443. The van der Waals surface area contributed by atoms with Crippen LogP contribution in [0.25, 0.3) is 10.9 Å². The molecule has 1 fully saturated rings. The Morgan fingerprint density at radius 2 is 2.14 bits per heavy atom. The van der Waals surface area contributed by atoms with Gasteiger partial charge in [-0.15, -0.1) is 5.10 Å². The van der Waals surface area contributed by atoms with Gasteiger partial charge in [-0.05, 0) is 36.5 Å². The molecule has 0 amide bonds. The van der Waals surface area contributed by atoms with E-state index in [2.05, 4.69) is 57.8 Å². The Labute approximate surface area is 214 Å². The summed E-state index contributed by atoms with van der Waals surface area (Å²) in [7, 11) is 0. The van der Waals surface area contributed by atoms with Gasteiger partial charge < -0.3 is 10.6 Å². The Hall–Kier alpha value is -3.77. The average molecular weight is 506 g/mol. The minimum Gasteiger partial charge on any atom is -0.383 e. The van der Waals surface area contributed by atoms with E-state index in [0.29, 0.717) is 39.4 Å². The minimum atomic E-state index is -1.86. The van der Waals surface area contributed by atoms with Crippen LogP contribution in [0.5, 0.6) is 0 Å². The highest BCUT2D eigenvalue weighted by Crippen LogP contribution is 2.37. The zero-order valence-electron chi connectivity index (χ0n) is 21.2. The Bertz CT molecular complexity index is 1520. The van der Waals surface area contributed by atoms with Crippen LogP contribution >= 0.6 is 11.6 Å². The monoisotopic (exact) mass is 505 g/mol. The number of rotatable bonds is 7. The standard InChI is InChI=1S/C26H26ClFN8/c1-26(2,3)14-32-23-15(10-29)11-31-24-18(23)8-16(9-20(24)27)33-25(19-12-30-7-6-21(19)28)22-13-36(35-34-22)17-4-5-17/h6-9,11-13,17,25,33H,4-5,14H2,1-3H3,(H,31,32)/t25-/m0/s1/i25D. The van der Waals surface area contributed by atoms with E-state index in [4.69, 9.17) is 11.6 Å². The molecular weight excluding hydrogens is 479 g/mol. The quantitative estimate of drug-likeness (QED) is 0.323. The highest BCUT2D eigenvalue weighted by atomic mass is 35.5. The molecule has 2 N–H and O–H groups in total. The predicted molar refractivity (Wildman–Crippen MR) is 137 cm³/mol. The molecule has 1 saturated carbocycles. The van der Waals surface area contributed by atoms with Gasteiger partial charge in [-0.2, -0.15) is 5.26 Å². The summed E-state index contributed by atoms with van der Waals surface area (Å²) in [6.45, 7) is 6.85. The van der Waals surface area contributed by atoms with E-state index in [1.165, 1.54) is 24.7 Å². The topological polar surface area (TPSA) is 104 Å². The molecule has 8 nitrogen and oxygen atoms in total. The minimum absolute atomic E-state index is 0.0101. The highest BCUT2D eigenvalue weighted by molar-refractivity contribution is 6.35. The number of fused-ring (bicyclic) bond motifs is 1. The van der Waals surface area contributed by atoms with Crippen LogP contribution in [0.1, 0.15) is 63.9 Å². The number of halogens is 2. The molecule has 0 unspecified atom stereocenters. The van der Waals surface area contributed by atoms with Gasteiger partial charge in [0.15, 0.2) is 0 Å². The lowest BCUT2D eigenvalue weighted by Gasteiger charge is -2.22. The van der Waals surface area contributed by atoms with Crippen molar-refractivity contribution in [2.45, 2.75) is 45.7 Å². The molecule has 1 aliphatic rings. The molecule has 0 aliphatic heterocycles. The molecule has 10 heteroatoms. The van der Waals surface area contributed by atoms with Gasteiger partial charge >= 0.3 is 0 Å². The first kappa shape index (κ1) is 22.7. The Kier molecular flexibility index (Phi) is 5.89. The third kappa shape index (κ3) is 4.95. The highest BCUT2D eigenvalue weighted by Gasteiger charge is 2.28. The molecule has 0 bridgehead atoms. The molecule has 4 aromatic rings. The third-order valence-electron chi connectivity index (χ3n) is 5.83. The van der Waals surface area contributed by atoms with E-state index in [-0.39, 0.29) is 22.7 Å². The van der Waals surface area contributed by atoms with E-state index in [1.54, 1.807) is 23.0 Å². The number of anilines is 2. The van der Waals surface area contributed by atoms with Crippen molar-refractivity contribution in [2.24, 2.45) is 5.41 Å². The fourth-order valence-corrected chi connectivity index (χ4v) is 4.11. The maximum absolute atomic E-state index is 15.0. The molecule has 3 aromatic heterocycles. The summed E-state index contributed by atoms with van der Waals surface area (Å²) < 4.78 is 26.1. The van der Waals surface area contributed by atoms with Crippen molar-refractivity contribution in [3.05, 3.63) is 70.6 Å². The molecule has 1 aliphatic carbocycles. The van der Waals surface area contributed by atoms with Crippen molar-refractivity contribution >= 4 is 33.9 Å². The fourth-order valence-electron chi connectivity index (χ4n) is 3.84. The Balaban J connectivity index is 1.64. The van der Waals surface area contributed by atoms with Crippen LogP contribution in [-0.4, -0.2) is 31.5 Å². The summed E-state index contributed by atoms with van der Waals surface area (Å²) in [6.07, 6.45) is 7.76. The van der Waals surface area contributed by atoms with E-state index < -0.39 is 11.8 Å². The number of benzene rings is 1. The SMILES string of the molecule is [2H][C@@](Nc1cc(Cl)c2ncc(C#N)c(NCC(C)(C)C)c2c1)(c1cn(C2CC2)nn1)c1cnccc1F. The van der Waals surface area contributed by atoms with Gasteiger partial charge in [0.25, 0.3) is 0 Å². The first-order chi connectivity index (χ1) is 17.6. The summed E-state index contributed by atoms with van der Waals surface area (Å²) in [5.41, 5.74) is 2.05. The maximum atomic E-state index is 15.0. The molecular formula is C26H26ClFN8. The first-order valence-electron chi connectivity index (χ1n) is 12.2. The lowest BCUT2D eigenvalue weighted by Crippen LogP contribution is -2.20. The van der Waals surface area contributed by atoms with Gasteiger partial charge in [0.1, 0.15) is 23.6 Å². The molecule has 36 heavy (non-hydrogen) atoms. The molecule has 1 aromatic carbocycles. The number of nitriles is 1. The zero-order valence-corrected chi connectivity index (χ0v) is 20.9. The van der Waals surface area contributed by atoms with Crippen LogP contribution in [0.3, 0.4) is 0 Å². The van der Waals surface area contributed by atoms with E-state index in [0.717, 1.165) is 12.8 Å². The van der Waals surface area contributed by atoms with Gasteiger partial charge in [-0.1, -0.05) is 37.6 Å². The van der Waals surface area contributed by atoms with Crippen molar-refractivity contribution in [1.29, 1.82) is 5.26 Å². The van der Waals surface area contributed by atoms with E-state index in [9.17, 15) is 6.63 Å². The van der Waals surface area contributed by atoms with Crippen molar-refractivity contribution in [3.63, 3.8) is 0 Å². The van der Waals surface area contributed by atoms with Crippen LogP contribution in [0, 0.1) is 22.6 Å². The van der Waals surface area contributed by atoms with E-state index >= 15 is 4.39 Å². The summed E-state index contributed by atoms with van der Waals surface area (Å²) in [6, 6.07) is 5.15. The molecule has 184 valence electrons. The van der Waals surface area contributed by atoms with Crippen molar-refractivity contribution in [2.75, 3.05) is 17.2 Å².